The predicted molar refractivity (Wildman–Crippen MR) is 116 cm³/mol. The lowest BCUT2D eigenvalue weighted by molar-refractivity contribution is -0.147. The Labute approximate surface area is 181 Å². The maximum atomic E-state index is 12.8. The third-order valence-electron chi connectivity index (χ3n) is 5.47. The van der Waals surface area contributed by atoms with Gasteiger partial charge in [-0.15, -0.1) is 0 Å². The minimum absolute atomic E-state index is 0.0110. The second kappa shape index (κ2) is 10.0. The molecule has 1 aliphatic rings. The number of fused-ring (bicyclic) bond motifs is 3. The van der Waals surface area contributed by atoms with Crippen molar-refractivity contribution in [3.8, 4) is 11.1 Å². The molecule has 0 saturated heterocycles. The van der Waals surface area contributed by atoms with Gasteiger partial charge in [0.2, 0.25) is 0 Å². The van der Waals surface area contributed by atoms with Crippen LogP contribution in [0.15, 0.2) is 61.2 Å². The van der Waals surface area contributed by atoms with E-state index in [0.29, 0.717) is 24.3 Å². The number of benzene rings is 2. The smallest absolute Gasteiger partial charge is 0.417 e. The summed E-state index contributed by atoms with van der Waals surface area (Å²) in [4.78, 5) is 37.6. The van der Waals surface area contributed by atoms with Gasteiger partial charge in [0, 0.05) is 5.92 Å². The van der Waals surface area contributed by atoms with Crippen LogP contribution < -0.4 is 5.73 Å². The van der Waals surface area contributed by atoms with Gasteiger partial charge in [-0.05, 0) is 54.1 Å². The molecule has 0 unspecified atom stereocenters. The first-order chi connectivity index (χ1) is 15.0. The third-order valence-corrected chi connectivity index (χ3v) is 5.47. The van der Waals surface area contributed by atoms with Crippen molar-refractivity contribution < 1.29 is 24.2 Å². The maximum Gasteiger partial charge on any atom is 0.417 e. The summed E-state index contributed by atoms with van der Waals surface area (Å²) in [5.74, 6) is -2.28. The van der Waals surface area contributed by atoms with E-state index in [1.54, 1.807) is 0 Å². The summed E-state index contributed by atoms with van der Waals surface area (Å²) in [6, 6.07) is 14.4. The van der Waals surface area contributed by atoms with Gasteiger partial charge in [-0.1, -0.05) is 55.1 Å². The van der Waals surface area contributed by atoms with Crippen LogP contribution in [0.2, 0.25) is 0 Å². The Balaban J connectivity index is 1.80. The molecule has 0 radical (unpaired) electrons. The molecule has 2 amide bonds. The minimum Gasteiger partial charge on any atom is -0.480 e. The number of carbonyl (C=O) groups excluding carboxylic acids is 2. The number of ether oxygens (including phenoxy) is 1. The number of nitrogens with two attached hydrogens (primary N) is 1. The Morgan fingerprint density at radius 1 is 1.06 bits per heavy atom. The molecule has 1 aliphatic carbocycles. The van der Waals surface area contributed by atoms with Crippen molar-refractivity contribution in [3.63, 3.8) is 0 Å². The molecule has 7 heteroatoms. The molecule has 162 valence electrons. The molecule has 0 spiro atoms. The fourth-order valence-corrected chi connectivity index (χ4v) is 3.98. The number of hydrogen-bond donors (Lipinski definition) is 2. The first-order valence-corrected chi connectivity index (χ1v) is 10.2. The van der Waals surface area contributed by atoms with Crippen LogP contribution in [0, 0.1) is 0 Å². The number of nitrogens with zero attached hydrogens (tertiary/aromatic N) is 1. The van der Waals surface area contributed by atoms with E-state index in [4.69, 9.17) is 10.5 Å². The lowest BCUT2D eigenvalue weighted by Gasteiger charge is -2.26. The Hall–Kier alpha value is -3.45. The zero-order valence-electron chi connectivity index (χ0n) is 17.2. The van der Waals surface area contributed by atoms with Crippen LogP contribution >= 0.6 is 0 Å². The van der Waals surface area contributed by atoms with Crippen molar-refractivity contribution >= 4 is 18.0 Å². The average molecular weight is 422 g/mol. The van der Waals surface area contributed by atoms with Gasteiger partial charge in [-0.2, -0.15) is 0 Å². The molecule has 0 bridgehead atoms. The van der Waals surface area contributed by atoms with Crippen molar-refractivity contribution in [3.05, 3.63) is 72.3 Å². The summed E-state index contributed by atoms with van der Waals surface area (Å²) < 4.78 is 5.49. The summed E-state index contributed by atoms with van der Waals surface area (Å²) >= 11 is 0. The SMILES string of the molecule is C=CC(=O)N(C(=O)OCC1c2ccccc2-c2ccccc21)[C@@H](CCCCN)C(=O)O. The van der Waals surface area contributed by atoms with Crippen molar-refractivity contribution in [1.29, 1.82) is 0 Å². The summed E-state index contributed by atoms with van der Waals surface area (Å²) in [5, 5.41) is 9.61. The van der Waals surface area contributed by atoms with Gasteiger partial charge < -0.3 is 15.6 Å². The van der Waals surface area contributed by atoms with Gasteiger partial charge in [-0.25, -0.2) is 14.5 Å². The Morgan fingerprint density at radius 2 is 1.65 bits per heavy atom. The lowest BCUT2D eigenvalue weighted by Crippen LogP contribution is -2.48. The van der Waals surface area contributed by atoms with Crippen molar-refractivity contribution in [1.82, 2.24) is 4.90 Å². The highest BCUT2D eigenvalue weighted by Crippen LogP contribution is 2.44. The normalized spacial score (nSPS) is 13.1. The molecular formula is C24H26N2O5. The number of amides is 2. The summed E-state index contributed by atoms with van der Waals surface area (Å²) in [7, 11) is 0. The molecule has 7 nitrogen and oxygen atoms in total. The monoisotopic (exact) mass is 422 g/mol. The highest BCUT2D eigenvalue weighted by Gasteiger charge is 2.36. The molecule has 3 rings (SSSR count). The van der Waals surface area contributed by atoms with Crippen LogP contribution in [-0.4, -0.2) is 47.2 Å². The Bertz CT molecular complexity index is 942. The van der Waals surface area contributed by atoms with E-state index in [9.17, 15) is 19.5 Å². The molecule has 0 aliphatic heterocycles. The van der Waals surface area contributed by atoms with E-state index in [2.05, 4.69) is 6.58 Å². The minimum atomic E-state index is -1.34. The van der Waals surface area contributed by atoms with E-state index in [0.717, 1.165) is 28.3 Å². The highest BCUT2D eigenvalue weighted by molar-refractivity contribution is 6.01. The van der Waals surface area contributed by atoms with Gasteiger partial charge in [-0.3, -0.25) is 4.79 Å². The molecule has 31 heavy (non-hydrogen) atoms. The lowest BCUT2D eigenvalue weighted by atomic mass is 9.98. The standard InChI is InChI=1S/C24H26N2O5/c1-2-22(27)26(21(23(28)29)13-7-8-14-25)24(30)31-15-20-18-11-5-3-9-16(18)17-10-4-6-12-19(17)20/h2-6,9-12,20-21H,1,7-8,13-15,25H2,(H,28,29)/t21-/m0/s1. The number of carbonyl (C=O) groups is 3. The molecular weight excluding hydrogens is 396 g/mol. The van der Waals surface area contributed by atoms with Crippen LogP contribution in [0.3, 0.4) is 0 Å². The quantitative estimate of drug-likeness (QED) is 0.473. The van der Waals surface area contributed by atoms with E-state index in [1.807, 2.05) is 48.5 Å². The van der Waals surface area contributed by atoms with Gasteiger partial charge in [0.05, 0.1) is 0 Å². The van der Waals surface area contributed by atoms with E-state index in [1.165, 1.54) is 0 Å². The zero-order valence-corrected chi connectivity index (χ0v) is 17.2. The van der Waals surface area contributed by atoms with Crippen molar-refractivity contribution in [2.24, 2.45) is 5.73 Å². The molecule has 0 heterocycles. The molecule has 2 aromatic rings. The number of hydrogen-bond acceptors (Lipinski definition) is 5. The maximum absolute atomic E-state index is 12.8. The van der Waals surface area contributed by atoms with Crippen LogP contribution in [0.1, 0.15) is 36.3 Å². The number of imide groups is 1. The average Bonchev–Trinajstić information content (AvgIpc) is 3.10. The number of rotatable bonds is 9. The van der Waals surface area contributed by atoms with Gasteiger partial charge in [0.25, 0.3) is 5.91 Å². The summed E-state index contributed by atoms with van der Waals surface area (Å²) in [6.07, 6.45) is 1.07. The molecule has 2 aromatic carbocycles. The Kier molecular flexibility index (Phi) is 7.20. The fraction of sp³-hybridized carbons (Fsp3) is 0.292. The largest absolute Gasteiger partial charge is 0.480 e. The Morgan fingerprint density at radius 3 is 2.16 bits per heavy atom. The number of carboxylic acids is 1. The fourth-order valence-electron chi connectivity index (χ4n) is 3.98. The predicted octanol–water partition coefficient (Wildman–Crippen LogP) is 3.53. The van der Waals surface area contributed by atoms with Crippen LogP contribution in [0.4, 0.5) is 4.79 Å². The van der Waals surface area contributed by atoms with Crippen LogP contribution in [-0.2, 0) is 14.3 Å². The molecule has 0 aromatic heterocycles. The van der Waals surface area contributed by atoms with Crippen molar-refractivity contribution in [2.75, 3.05) is 13.2 Å². The first-order valence-electron chi connectivity index (χ1n) is 10.2. The number of aliphatic carboxylic acids is 1. The van der Waals surface area contributed by atoms with E-state index in [-0.39, 0.29) is 18.9 Å². The molecule has 1 atom stereocenters. The van der Waals surface area contributed by atoms with Gasteiger partial charge in [0.15, 0.2) is 0 Å². The van der Waals surface area contributed by atoms with Gasteiger partial charge in [0.1, 0.15) is 12.6 Å². The zero-order chi connectivity index (χ0) is 22.4. The second-order valence-electron chi connectivity index (χ2n) is 7.35. The van der Waals surface area contributed by atoms with Gasteiger partial charge >= 0.3 is 12.1 Å². The topological polar surface area (TPSA) is 110 Å². The summed E-state index contributed by atoms with van der Waals surface area (Å²) in [6.45, 7) is 3.77. The molecule has 0 fully saturated rings. The number of carboxylic acid groups (broad SMARTS) is 1. The van der Waals surface area contributed by atoms with E-state index < -0.39 is 24.0 Å². The summed E-state index contributed by atoms with van der Waals surface area (Å²) in [5.41, 5.74) is 9.67. The third kappa shape index (κ3) is 4.67. The first kappa shape index (κ1) is 22.2. The number of unbranched alkanes of at least 4 members (excludes halogenated alkanes) is 1. The highest BCUT2D eigenvalue weighted by atomic mass is 16.6. The van der Waals surface area contributed by atoms with Crippen LogP contribution in [0.25, 0.3) is 11.1 Å². The van der Waals surface area contributed by atoms with Crippen LogP contribution in [0.5, 0.6) is 0 Å². The molecule has 3 N–H and O–H groups in total. The molecule has 0 saturated carbocycles. The second-order valence-corrected chi connectivity index (χ2v) is 7.35. The van der Waals surface area contributed by atoms with Crippen molar-refractivity contribution in [2.45, 2.75) is 31.2 Å². The van der Waals surface area contributed by atoms with E-state index >= 15 is 0 Å².